The van der Waals surface area contributed by atoms with Gasteiger partial charge in [-0.25, -0.2) is 0 Å². The fraction of sp³-hybridized carbons (Fsp3) is 0.143. The molecule has 2 heterocycles. The lowest BCUT2D eigenvalue weighted by Gasteiger charge is -2.05. The first-order valence-electron chi connectivity index (χ1n) is 8.62. The molecule has 2 aromatic carbocycles. The third kappa shape index (κ3) is 3.51. The van der Waals surface area contributed by atoms with Gasteiger partial charge < -0.3 is 5.11 Å². The molecule has 27 heavy (non-hydrogen) atoms. The minimum atomic E-state index is -0.171. The minimum absolute atomic E-state index is 0.00421. The maximum atomic E-state index is 12.4. The van der Waals surface area contributed by atoms with Crippen molar-refractivity contribution in [1.29, 1.82) is 0 Å². The molecular formula is C21H17IN2O2S. The molecule has 0 saturated carbocycles. The second kappa shape index (κ2) is 7.44. The highest BCUT2D eigenvalue weighted by Gasteiger charge is 2.18. The number of nitrogens with zero attached hydrogens (tertiary/aromatic N) is 2. The van der Waals surface area contributed by atoms with E-state index in [4.69, 9.17) is 0 Å². The van der Waals surface area contributed by atoms with Gasteiger partial charge in [-0.15, -0.1) is 0 Å². The lowest BCUT2D eigenvalue weighted by atomic mass is 10.0. The average molecular weight is 488 g/mol. The van der Waals surface area contributed by atoms with E-state index in [1.54, 1.807) is 6.21 Å². The van der Waals surface area contributed by atoms with Gasteiger partial charge in [0.05, 0.1) is 17.1 Å². The van der Waals surface area contributed by atoms with Crippen LogP contribution in [0.25, 0.3) is 11.6 Å². The van der Waals surface area contributed by atoms with Crippen LogP contribution >= 0.6 is 33.9 Å². The molecule has 0 saturated heterocycles. The number of aliphatic imine (C=N–C) groups is 1. The first-order valence-corrected chi connectivity index (χ1v) is 10.5. The summed E-state index contributed by atoms with van der Waals surface area (Å²) in [4.78, 5) is 17.3. The number of halogens is 1. The van der Waals surface area contributed by atoms with E-state index < -0.39 is 0 Å². The summed E-state index contributed by atoms with van der Waals surface area (Å²) in [6, 6.07) is 14.0. The predicted molar refractivity (Wildman–Crippen MR) is 120 cm³/mol. The molecular weight excluding hydrogens is 471 g/mol. The van der Waals surface area contributed by atoms with Crippen molar-refractivity contribution in [3.05, 3.63) is 77.3 Å². The molecule has 4 nitrogen and oxygen atoms in total. The van der Waals surface area contributed by atoms with Crippen molar-refractivity contribution in [2.45, 2.75) is 19.9 Å². The lowest BCUT2D eigenvalue weighted by molar-refractivity contribution is 0.420. The zero-order valence-electron chi connectivity index (χ0n) is 14.6. The number of thiazole rings is 1. The molecule has 1 aromatic heterocycles. The third-order valence-electron chi connectivity index (χ3n) is 4.58. The molecule has 1 N–H and O–H groups in total. The summed E-state index contributed by atoms with van der Waals surface area (Å²) in [6.45, 7) is 2.46. The first-order chi connectivity index (χ1) is 13.1. The Kier molecular flexibility index (Phi) is 5.01. The molecule has 136 valence electrons. The van der Waals surface area contributed by atoms with Crippen molar-refractivity contribution in [2.75, 3.05) is 0 Å². The summed E-state index contributed by atoms with van der Waals surface area (Å²) in [6.07, 6.45) is 4.57. The fourth-order valence-electron chi connectivity index (χ4n) is 3.14. The van der Waals surface area contributed by atoms with Crippen molar-refractivity contribution in [2.24, 2.45) is 4.99 Å². The summed E-state index contributed by atoms with van der Waals surface area (Å²) >= 11 is 3.29. The van der Waals surface area contributed by atoms with E-state index in [1.165, 1.54) is 10.1 Å². The second-order valence-corrected chi connectivity index (χ2v) is 8.53. The van der Waals surface area contributed by atoms with Crippen LogP contribution in [0.3, 0.4) is 0 Å². The Bertz CT molecular complexity index is 1120. The van der Waals surface area contributed by atoms with Gasteiger partial charge in [-0.3, -0.25) is 14.4 Å². The zero-order valence-corrected chi connectivity index (χ0v) is 17.6. The highest BCUT2D eigenvalue weighted by atomic mass is 127. The molecule has 0 bridgehead atoms. The van der Waals surface area contributed by atoms with Gasteiger partial charge in [-0.2, -0.15) is 0 Å². The molecule has 0 atom stereocenters. The number of para-hydroxylation sites is 1. The minimum Gasteiger partial charge on any atom is -0.493 e. The van der Waals surface area contributed by atoms with Gasteiger partial charge in [-0.05, 0) is 58.3 Å². The SMILES string of the molecule is CCc1cccc2c1N=CC2=Cc1sc(=O)n(Cc2ccc(I)cc2)c1O. The summed E-state index contributed by atoms with van der Waals surface area (Å²) in [5, 5.41) is 10.6. The van der Waals surface area contributed by atoms with Gasteiger partial charge >= 0.3 is 4.87 Å². The molecule has 4 rings (SSSR count). The van der Waals surface area contributed by atoms with Crippen LogP contribution in [-0.4, -0.2) is 15.9 Å². The van der Waals surface area contributed by atoms with E-state index in [1.807, 2.05) is 42.5 Å². The summed E-state index contributed by atoms with van der Waals surface area (Å²) < 4.78 is 2.55. The molecule has 0 spiro atoms. The molecule has 0 amide bonds. The van der Waals surface area contributed by atoms with Gasteiger partial charge in [0.25, 0.3) is 0 Å². The first kappa shape index (κ1) is 18.2. The van der Waals surface area contributed by atoms with Crippen molar-refractivity contribution < 1.29 is 5.11 Å². The Labute approximate surface area is 174 Å². The number of allylic oxidation sites excluding steroid dienone is 1. The van der Waals surface area contributed by atoms with Gasteiger partial charge in [0.15, 0.2) is 0 Å². The van der Waals surface area contributed by atoms with Gasteiger partial charge in [0.1, 0.15) is 0 Å². The quantitative estimate of drug-likeness (QED) is 0.521. The Morgan fingerprint density at radius 2 is 2.00 bits per heavy atom. The lowest BCUT2D eigenvalue weighted by Crippen LogP contribution is -2.13. The van der Waals surface area contributed by atoms with Crippen molar-refractivity contribution >= 4 is 57.5 Å². The molecule has 3 aromatic rings. The van der Waals surface area contributed by atoms with Crippen LogP contribution in [-0.2, 0) is 13.0 Å². The standard InChI is InChI=1S/C21H17IN2O2S/c1-2-14-4-3-5-17-15(11-23-19(14)17)10-18-20(25)24(21(26)27-18)12-13-6-8-16(22)9-7-13/h3-11,25H,2,12H2,1H3. The number of aryl methyl sites for hydroxylation is 1. The summed E-state index contributed by atoms with van der Waals surface area (Å²) in [7, 11) is 0. The van der Waals surface area contributed by atoms with Gasteiger partial charge in [-0.1, -0.05) is 48.6 Å². The zero-order chi connectivity index (χ0) is 19.0. The van der Waals surface area contributed by atoms with E-state index in [9.17, 15) is 9.90 Å². The van der Waals surface area contributed by atoms with Crippen LogP contribution in [0.2, 0.25) is 0 Å². The number of aromatic hydroxyl groups is 1. The number of benzene rings is 2. The molecule has 0 radical (unpaired) electrons. The van der Waals surface area contributed by atoms with Crippen molar-refractivity contribution in [1.82, 2.24) is 4.57 Å². The Morgan fingerprint density at radius 3 is 2.74 bits per heavy atom. The average Bonchev–Trinajstić information content (AvgIpc) is 3.20. The van der Waals surface area contributed by atoms with E-state index in [0.717, 1.165) is 43.7 Å². The normalized spacial score (nSPS) is 14.1. The largest absolute Gasteiger partial charge is 0.493 e. The second-order valence-electron chi connectivity index (χ2n) is 6.29. The molecule has 0 unspecified atom stereocenters. The van der Waals surface area contributed by atoms with Gasteiger partial charge in [0, 0.05) is 20.9 Å². The molecule has 1 aliphatic heterocycles. The Balaban J connectivity index is 1.69. The van der Waals surface area contributed by atoms with E-state index in [2.05, 4.69) is 40.6 Å². The van der Waals surface area contributed by atoms with Crippen LogP contribution in [0.5, 0.6) is 5.88 Å². The van der Waals surface area contributed by atoms with E-state index in [0.29, 0.717) is 11.4 Å². The number of hydrogen-bond acceptors (Lipinski definition) is 4. The van der Waals surface area contributed by atoms with Crippen molar-refractivity contribution in [3.63, 3.8) is 0 Å². The highest BCUT2D eigenvalue weighted by molar-refractivity contribution is 14.1. The van der Waals surface area contributed by atoms with E-state index in [-0.39, 0.29) is 10.8 Å². The molecule has 0 aliphatic carbocycles. The third-order valence-corrected chi connectivity index (χ3v) is 6.21. The van der Waals surface area contributed by atoms with Crippen LogP contribution in [0.1, 0.15) is 28.5 Å². The summed E-state index contributed by atoms with van der Waals surface area (Å²) in [5.41, 5.74) is 5.11. The Morgan fingerprint density at radius 1 is 1.22 bits per heavy atom. The van der Waals surface area contributed by atoms with E-state index >= 15 is 0 Å². The van der Waals surface area contributed by atoms with Crippen LogP contribution < -0.4 is 4.87 Å². The molecule has 0 fully saturated rings. The maximum absolute atomic E-state index is 12.4. The fourth-order valence-corrected chi connectivity index (χ4v) is 4.34. The van der Waals surface area contributed by atoms with Crippen molar-refractivity contribution in [3.8, 4) is 5.88 Å². The van der Waals surface area contributed by atoms with Crippen LogP contribution in [0, 0.1) is 3.57 Å². The van der Waals surface area contributed by atoms with Crippen LogP contribution in [0.4, 0.5) is 5.69 Å². The number of hydrogen-bond donors (Lipinski definition) is 1. The van der Waals surface area contributed by atoms with Crippen LogP contribution in [0.15, 0.2) is 52.3 Å². The highest BCUT2D eigenvalue weighted by Crippen LogP contribution is 2.37. The van der Waals surface area contributed by atoms with Gasteiger partial charge in [0.2, 0.25) is 5.88 Å². The number of rotatable bonds is 4. The monoisotopic (exact) mass is 488 g/mol. The topological polar surface area (TPSA) is 54.6 Å². The predicted octanol–water partition coefficient (Wildman–Crippen LogP) is 5.09. The number of fused-ring (bicyclic) bond motifs is 1. The summed E-state index contributed by atoms with van der Waals surface area (Å²) in [5.74, 6) is 0.00421. The number of aromatic nitrogens is 1. The smallest absolute Gasteiger partial charge is 0.310 e. The molecule has 1 aliphatic rings. The Hall–Kier alpha value is -2.19. The maximum Gasteiger partial charge on any atom is 0.310 e. The molecule has 6 heteroatoms.